The third-order valence-corrected chi connectivity index (χ3v) is 3.19. The van der Waals surface area contributed by atoms with E-state index in [-0.39, 0.29) is 18.2 Å². The number of Topliss-reactive ketones (excluding diaryl/α,β-unsaturated/α-hetero) is 1. The minimum absolute atomic E-state index is 0.00704. The van der Waals surface area contributed by atoms with Gasteiger partial charge in [0.15, 0.2) is 5.78 Å². The lowest BCUT2D eigenvalue weighted by molar-refractivity contribution is 0.0975. The normalized spacial score (nSPS) is 10.0. The first-order valence-corrected chi connectivity index (χ1v) is 5.53. The Hall–Kier alpha value is -1.93. The standard InChI is InChI=1S/C11H9N3OS/c1-8-2-3-10(16-8)9(15)7-14-5-4-13-11(14)6-12/h2-5H,7H2,1H3. The van der Waals surface area contributed by atoms with Crippen LogP contribution in [0.2, 0.25) is 0 Å². The molecule has 5 heteroatoms. The molecule has 80 valence electrons. The van der Waals surface area contributed by atoms with Gasteiger partial charge in [-0.2, -0.15) is 5.26 Å². The summed E-state index contributed by atoms with van der Waals surface area (Å²) in [6, 6.07) is 5.67. The molecule has 0 bridgehead atoms. The molecule has 0 radical (unpaired) electrons. The van der Waals surface area contributed by atoms with Gasteiger partial charge in [0.2, 0.25) is 5.82 Å². The molecule has 0 atom stereocenters. The van der Waals surface area contributed by atoms with Crippen LogP contribution in [0, 0.1) is 18.3 Å². The van der Waals surface area contributed by atoms with E-state index in [9.17, 15) is 4.79 Å². The summed E-state index contributed by atoms with van der Waals surface area (Å²) in [5.41, 5.74) is 0. The summed E-state index contributed by atoms with van der Waals surface area (Å²) < 4.78 is 1.55. The summed E-state index contributed by atoms with van der Waals surface area (Å²) in [4.78, 5) is 17.5. The van der Waals surface area contributed by atoms with Crippen LogP contribution in [0.25, 0.3) is 0 Å². The Kier molecular flexibility index (Phi) is 2.84. The maximum atomic E-state index is 11.8. The van der Waals surface area contributed by atoms with Gasteiger partial charge < -0.3 is 4.57 Å². The molecule has 2 rings (SSSR count). The van der Waals surface area contributed by atoms with E-state index in [1.807, 2.05) is 25.1 Å². The second kappa shape index (κ2) is 4.29. The van der Waals surface area contributed by atoms with Gasteiger partial charge in [-0.3, -0.25) is 4.79 Å². The van der Waals surface area contributed by atoms with E-state index in [0.29, 0.717) is 0 Å². The minimum atomic E-state index is 0.00704. The highest BCUT2D eigenvalue weighted by Gasteiger charge is 2.11. The Labute approximate surface area is 96.8 Å². The molecule has 0 unspecified atom stereocenters. The molecule has 2 heterocycles. The van der Waals surface area contributed by atoms with Gasteiger partial charge in [0.25, 0.3) is 0 Å². The number of aryl methyl sites for hydroxylation is 1. The number of nitrogens with zero attached hydrogens (tertiary/aromatic N) is 3. The SMILES string of the molecule is Cc1ccc(C(=O)Cn2ccnc2C#N)s1. The summed E-state index contributed by atoms with van der Waals surface area (Å²) >= 11 is 1.46. The van der Waals surface area contributed by atoms with Crippen molar-refractivity contribution in [3.63, 3.8) is 0 Å². The molecule has 0 saturated heterocycles. The van der Waals surface area contributed by atoms with E-state index in [1.165, 1.54) is 17.5 Å². The zero-order valence-electron chi connectivity index (χ0n) is 8.67. The fraction of sp³-hybridized carbons (Fsp3) is 0.182. The number of thiophene rings is 1. The summed E-state index contributed by atoms with van der Waals surface area (Å²) in [5, 5.41) is 8.75. The zero-order valence-corrected chi connectivity index (χ0v) is 9.49. The van der Waals surface area contributed by atoms with Crippen molar-refractivity contribution in [1.82, 2.24) is 9.55 Å². The first-order chi connectivity index (χ1) is 7.70. The number of hydrogen-bond acceptors (Lipinski definition) is 4. The Morgan fingerprint density at radius 3 is 3.06 bits per heavy atom. The molecule has 0 spiro atoms. The lowest BCUT2D eigenvalue weighted by atomic mass is 10.3. The Balaban J connectivity index is 2.17. The van der Waals surface area contributed by atoms with Crippen molar-refractivity contribution in [2.45, 2.75) is 13.5 Å². The molecule has 0 aliphatic carbocycles. The van der Waals surface area contributed by atoms with E-state index in [4.69, 9.17) is 5.26 Å². The van der Waals surface area contributed by atoms with E-state index < -0.39 is 0 Å². The molecule has 0 aliphatic heterocycles. The van der Waals surface area contributed by atoms with Gasteiger partial charge >= 0.3 is 0 Å². The van der Waals surface area contributed by atoms with Crippen LogP contribution < -0.4 is 0 Å². The topological polar surface area (TPSA) is 58.7 Å². The Bertz CT molecular complexity index is 562. The minimum Gasteiger partial charge on any atom is -0.315 e. The van der Waals surface area contributed by atoms with Crippen LogP contribution in [0.3, 0.4) is 0 Å². The molecular weight excluding hydrogens is 222 g/mol. The van der Waals surface area contributed by atoms with Gasteiger partial charge in [-0.25, -0.2) is 4.98 Å². The number of ketones is 1. The molecular formula is C11H9N3OS. The third-order valence-electron chi connectivity index (χ3n) is 2.14. The molecule has 0 fully saturated rings. The van der Waals surface area contributed by atoms with E-state index in [1.54, 1.807) is 10.8 Å². The summed E-state index contributed by atoms with van der Waals surface area (Å²) in [5.74, 6) is 0.272. The number of carbonyl (C=O) groups is 1. The molecule has 0 aliphatic rings. The molecule has 0 saturated carbocycles. The smallest absolute Gasteiger partial charge is 0.213 e. The van der Waals surface area contributed by atoms with Crippen molar-refractivity contribution in [2.75, 3.05) is 0 Å². The average molecular weight is 231 g/mol. The predicted molar refractivity (Wildman–Crippen MR) is 60.3 cm³/mol. The highest BCUT2D eigenvalue weighted by molar-refractivity contribution is 7.14. The first kappa shape index (κ1) is 10.6. The first-order valence-electron chi connectivity index (χ1n) is 4.71. The Morgan fingerprint density at radius 2 is 2.44 bits per heavy atom. The van der Waals surface area contributed by atoms with Crippen LogP contribution in [0.1, 0.15) is 20.4 Å². The van der Waals surface area contributed by atoms with Crippen molar-refractivity contribution in [3.05, 3.63) is 40.1 Å². The van der Waals surface area contributed by atoms with Crippen LogP contribution in [0.4, 0.5) is 0 Å². The molecule has 0 amide bonds. The van der Waals surface area contributed by atoms with Crippen LogP contribution >= 0.6 is 11.3 Å². The zero-order chi connectivity index (χ0) is 11.5. The van der Waals surface area contributed by atoms with Crippen molar-refractivity contribution >= 4 is 17.1 Å². The number of hydrogen-bond donors (Lipinski definition) is 0. The van der Waals surface area contributed by atoms with E-state index in [2.05, 4.69) is 4.98 Å². The van der Waals surface area contributed by atoms with E-state index in [0.717, 1.165) is 9.75 Å². The van der Waals surface area contributed by atoms with Crippen LogP contribution in [0.5, 0.6) is 0 Å². The lowest BCUT2D eigenvalue weighted by Gasteiger charge is -2.00. The second-order valence-corrected chi connectivity index (χ2v) is 4.61. The van der Waals surface area contributed by atoms with Crippen LogP contribution in [-0.4, -0.2) is 15.3 Å². The highest BCUT2D eigenvalue weighted by atomic mass is 32.1. The average Bonchev–Trinajstić information content (AvgIpc) is 2.86. The summed E-state index contributed by atoms with van der Waals surface area (Å²) in [7, 11) is 0. The van der Waals surface area contributed by atoms with Gasteiger partial charge in [0.1, 0.15) is 6.07 Å². The predicted octanol–water partition coefficient (Wildman–Crippen LogP) is 2.01. The number of rotatable bonds is 3. The second-order valence-electron chi connectivity index (χ2n) is 3.32. The third kappa shape index (κ3) is 2.02. The van der Waals surface area contributed by atoms with Crippen LogP contribution in [0.15, 0.2) is 24.5 Å². The fourth-order valence-corrected chi connectivity index (χ4v) is 2.16. The van der Waals surface area contributed by atoms with Gasteiger partial charge in [-0.15, -0.1) is 11.3 Å². The van der Waals surface area contributed by atoms with Gasteiger partial charge in [-0.05, 0) is 19.1 Å². The van der Waals surface area contributed by atoms with Gasteiger partial charge in [-0.1, -0.05) is 0 Å². The van der Waals surface area contributed by atoms with Crippen molar-refractivity contribution < 1.29 is 4.79 Å². The summed E-state index contributed by atoms with van der Waals surface area (Å²) in [6.45, 7) is 2.13. The number of aromatic nitrogens is 2. The molecule has 16 heavy (non-hydrogen) atoms. The molecule has 0 aromatic carbocycles. The number of carbonyl (C=O) groups excluding carboxylic acids is 1. The highest BCUT2D eigenvalue weighted by Crippen LogP contribution is 2.16. The monoisotopic (exact) mass is 231 g/mol. The molecule has 0 N–H and O–H groups in total. The molecule has 2 aromatic heterocycles. The fourth-order valence-electron chi connectivity index (χ4n) is 1.37. The van der Waals surface area contributed by atoms with Gasteiger partial charge in [0, 0.05) is 17.3 Å². The van der Waals surface area contributed by atoms with Gasteiger partial charge in [0.05, 0.1) is 11.4 Å². The lowest BCUT2D eigenvalue weighted by Crippen LogP contribution is -2.10. The molecule has 4 nitrogen and oxygen atoms in total. The largest absolute Gasteiger partial charge is 0.315 e. The maximum Gasteiger partial charge on any atom is 0.213 e. The van der Waals surface area contributed by atoms with Crippen LogP contribution in [-0.2, 0) is 6.54 Å². The van der Waals surface area contributed by atoms with Crippen molar-refractivity contribution in [3.8, 4) is 6.07 Å². The quantitative estimate of drug-likeness (QED) is 0.759. The molecule has 2 aromatic rings. The summed E-state index contributed by atoms with van der Waals surface area (Å²) in [6.07, 6.45) is 3.16. The van der Waals surface area contributed by atoms with Crippen molar-refractivity contribution in [2.24, 2.45) is 0 Å². The number of nitriles is 1. The Morgan fingerprint density at radius 1 is 1.62 bits per heavy atom. The van der Waals surface area contributed by atoms with E-state index >= 15 is 0 Å². The van der Waals surface area contributed by atoms with Crippen molar-refractivity contribution in [1.29, 1.82) is 5.26 Å². The maximum absolute atomic E-state index is 11.8. The number of imidazole rings is 1.